The number of halogens is 2. The second kappa shape index (κ2) is 6.89. The highest BCUT2D eigenvalue weighted by Crippen LogP contribution is 2.34. The molecule has 0 aliphatic carbocycles. The van der Waals surface area contributed by atoms with E-state index >= 15 is 0 Å². The summed E-state index contributed by atoms with van der Waals surface area (Å²) < 4.78 is 1.29. The summed E-state index contributed by atoms with van der Waals surface area (Å²) in [5, 5.41) is 0.993. The quantitative estimate of drug-likeness (QED) is 0.431. The number of alkyl halides is 1. The zero-order chi connectivity index (χ0) is 13.7. The fourth-order valence-electron chi connectivity index (χ4n) is 2.43. The standard InChI is InChI=1S/C17H18BrI/c1-2-17(13-18,15-6-4-3-5-7-15)12-14-8-10-16(19)11-9-14/h3-11H,2,12-13H2,1H3. The minimum absolute atomic E-state index is 0.189. The van der Waals surface area contributed by atoms with Crippen molar-refractivity contribution in [2.24, 2.45) is 0 Å². The Morgan fingerprint density at radius 2 is 1.63 bits per heavy atom. The molecule has 0 N–H and O–H groups in total. The highest BCUT2D eigenvalue weighted by Gasteiger charge is 2.29. The summed E-state index contributed by atoms with van der Waals surface area (Å²) in [6.45, 7) is 2.28. The molecule has 0 aliphatic rings. The first-order valence-electron chi connectivity index (χ1n) is 6.56. The Labute approximate surface area is 137 Å². The number of hydrogen-bond acceptors (Lipinski definition) is 0. The zero-order valence-electron chi connectivity index (χ0n) is 11.1. The molecule has 0 heterocycles. The van der Waals surface area contributed by atoms with Crippen LogP contribution in [-0.2, 0) is 11.8 Å². The minimum Gasteiger partial charge on any atom is -0.0918 e. The average Bonchev–Trinajstić information content (AvgIpc) is 2.48. The van der Waals surface area contributed by atoms with E-state index in [9.17, 15) is 0 Å². The molecule has 0 nitrogen and oxygen atoms in total. The van der Waals surface area contributed by atoms with E-state index in [1.165, 1.54) is 14.7 Å². The van der Waals surface area contributed by atoms with Crippen LogP contribution >= 0.6 is 38.5 Å². The van der Waals surface area contributed by atoms with Crippen LogP contribution in [0.5, 0.6) is 0 Å². The zero-order valence-corrected chi connectivity index (χ0v) is 14.8. The smallest absolute Gasteiger partial charge is 0.0132 e. The Hall–Kier alpha value is -0.350. The molecule has 2 aromatic carbocycles. The monoisotopic (exact) mass is 428 g/mol. The maximum absolute atomic E-state index is 3.74. The first-order chi connectivity index (χ1) is 9.20. The fourth-order valence-corrected chi connectivity index (χ4v) is 3.71. The van der Waals surface area contributed by atoms with Gasteiger partial charge in [0.2, 0.25) is 0 Å². The topological polar surface area (TPSA) is 0 Å². The van der Waals surface area contributed by atoms with Gasteiger partial charge in [0.05, 0.1) is 0 Å². The highest BCUT2D eigenvalue weighted by atomic mass is 127. The summed E-state index contributed by atoms with van der Waals surface area (Å²) in [5.41, 5.74) is 3.02. The van der Waals surface area contributed by atoms with Gasteiger partial charge in [0, 0.05) is 14.3 Å². The van der Waals surface area contributed by atoms with Crippen molar-refractivity contribution in [3.8, 4) is 0 Å². The number of hydrogen-bond donors (Lipinski definition) is 0. The molecule has 2 rings (SSSR count). The SMILES string of the molecule is CCC(CBr)(Cc1ccc(I)cc1)c1ccccc1. The molecular weight excluding hydrogens is 411 g/mol. The van der Waals surface area contributed by atoms with E-state index in [1.807, 2.05) is 0 Å². The molecule has 0 spiro atoms. The Kier molecular flexibility index (Phi) is 5.46. The van der Waals surface area contributed by atoms with Crippen molar-refractivity contribution >= 4 is 38.5 Å². The van der Waals surface area contributed by atoms with Gasteiger partial charge in [-0.05, 0) is 58.7 Å². The second-order valence-corrected chi connectivity index (χ2v) is 6.74. The van der Waals surface area contributed by atoms with Crippen LogP contribution in [0.4, 0.5) is 0 Å². The predicted molar refractivity (Wildman–Crippen MR) is 95.1 cm³/mol. The number of benzene rings is 2. The molecule has 100 valence electrons. The van der Waals surface area contributed by atoms with Crippen LogP contribution in [0.1, 0.15) is 24.5 Å². The lowest BCUT2D eigenvalue weighted by atomic mass is 9.75. The Morgan fingerprint density at radius 3 is 2.16 bits per heavy atom. The van der Waals surface area contributed by atoms with Crippen LogP contribution < -0.4 is 0 Å². The van der Waals surface area contributed by atoms with E-state index in [1.54, 1.807) is 0 Å². The first-order valence-corrected chi connectivity index (χ1v) is 8.76. The summed E-state index contributed by atoms with van der Waals surface area (Å²) >= 11 is 6.10. The molecule has 0 fully saturated rings. The summed E-state index contributed by atoms with van der Waals surface area (Å²) in [7, 11) is 0. The molecule has 19 heavy (non-hydrogen) atoms. The summed E-state index contributed by atoms with van der Waals surface area (Å²) in [5.74, 6) is 0. The summed E-state index contributed by atoms with van der Waals surface area (Å²) in [6.07, 6.45) is 2.21. The molecule has 0 radical (unpaired) electrons. The summed E-state index contributed by atoms with van der Waals surface area (Å²) in [6, 6.07) is 19.7. The highest BCUT2D eigenvalue weighted by molar-refractivity contribution is 14.1. The fraction of sp³-hybridized carbons (Fsp3) is 0.294. The molecule has 1 unspecified atom stereocenters. The van der Waals surface area contributed by atoms with Crippen molar-refractivity contribution in [3.05, 3.63) is 69.3 Å². The van der Waals surface area contributed by atoms with Gasteiger partial charge in [-0.2, -0.15) is 0 Å². The maximum atomic E-state index is 3.74. The van der Waals surface area contributed by atoms with E-state index in [0.717, 1.165) is 18.2 Å². The van der Waals surface area contributed by atoms with Crippen molar-refractivity contribution in [3.63, 3.8) is 0 Å². The molecule has 0 saturated heterocycles. The molecule has 0 aliphatic heterocycles. The largest absolute Gasteiger partial charge is 0.0918 e. The van der Waals surface area contributed by atoms with Crippen LogP contribution in [0.25, 0.3) is 0 Å². The van der Waals surface area contributed by atoms with Gasteiger partial charge in [-0.15, -0.1) is 0 Å². The van der Waals surface area contributed by atoms with E-state index in [-0.39, 0.29) is 5.41 Å². The molecule has 0 bridgehead atoms. The van der Waals surface area contributed by atoms with Crippen LogP contribution in [0, 0.1) is 3.57 Å². The molecule has 1 atom stereocenters. The Morgan fingerprint density at radius 1 is 1.00 bits per heavy atom. The third-order valence-corrected chi connectivity index (χ3v) is 5.57. The Balaban J connectivity index is 2.32. The van der Waals surface area contributed by atoms with Crippen molar-refractivity contribution in [1.82, 2.24) is 0 Å². The maximum Gasteiger partial charge on any atom is 0.0132 e. The van der Waals surface area contributed by atoms with Crippen LogP contribution in [0.15, 0.2) is 54.6 Å². The van der Waals surface area contributed by atoms with Gasteiger partial charge in [-0.25, -0.2) is 0 Å². The van der Waals surface area contributed by atoms with E-state index in [0.29, 0.717) is 0 Å². The molecule has 0 saturated carbocycles. The van der Waals surface area contributed by atoms with E-state index < -0.39 is 0 Å². The van der Waals surface area contributed by atoms with Gasteiger partial charge >= 0.3 is 0 Å². The third kappa shape index (κ3) is 3.60. The third-order valence-electron chi connectivity index (χ3n) is 3.77. The second-order valence-electron chi connectivity index (χ2n) is 4.94. The van der Waals surface area contributed by atoms with Gasteiger partial charge in [-0.1, -0.05) is 65.3 Å². The Bertz CT molecular complexity index is 501. The van der Waals surface area contributed by atoms with Crippen LogP contribution in [-0.4, -0.2) is 5.33 Å². The van der Waals surface area contributed by atoms with Crippen molar-refractivity contribution < 1.29 is 0 Å². The van der Waals surface area contributed by atoms with E-state index in [4.69, 9.17) is 0 Å². The number of rotatable bonds is 5. The van der Waals surface area contributed by atoms with Gasteiger partial charge < -0.3 is 0 Å². The van der Waals surface area contributed by atoms with Gasteiger partial charge in [0.15, 0.2) is 0 Å². The van der Waals surface area contributed by atoms with Gasteiger partial charge in [-0.3, -0.25) is 0 Å². The predicted octanol–water partition coefficient (Wildman–Crippen LogP) is 5.58. The molecule has 0 aromatic heterocycles. The minimum atomic E-state index is 0.189. The molecule has 0 amide bonds. The summed E-state index contributed by atoms with van der Waals surface area (Å²) in [4.78, 5) is 0. The molecule has 2 aromatic rings. The molecular formula is C17H18BrI. The average molecular weight is 429 g/mol. The van der Waals surface area contributed by atoms with Gasteiger partial charge in [0.25, 0.3) is 0 Å². The molecule has 2 heteroatoms. The van der Waals surface area contributed by atoms with Crippen molar-refractivity contribution in [2.75, 3.05) is 5.33 Å². The van der Waals surface area contributed by atoms with Gasteiger partial charge in [0.1, 0.15) is 0 Å². The van der Waals surface area contributed by atoms with E-state index in [2.05, 4.69) is 100 Å². The lowest BCUT2D eigenvalue weighted by Gasteiger charge is -2.32. The van der Waals surface area contributed by atoms with Crippen LogP contribution in [0.2, 0.25) is 0 Å². The van der Waals surface area contributed by atoms with Crippen molar-refractivity contribution in [1.29, 1.82) is 0 Å². The van der Waals surface area contributed by atoms with Crippen molar-refractivity contribution in [2.45, 2.75) is 25.2 Å². The lowest BCUT2D eigenvalue weighted by molar-refractivity contribution is 0.464. The first kappa shape index (κ1) is 15.0. The van der Waals surface area contributed by atoms with Crippen LogP contribution in [0.3, 0.4) is 0 Å². The normalized spacial score (nSPS) is 14.1. The lowest BCUT2D eigenvalue weighted by Crippen LogP contribution is -2.30.